The molecule has 1 fully saturated rings. The first-order valence-electron chi connectivity index (χ1n) is 11.0. The van der Waals surface area contributed by atoms with Crippen LogP contribution in [0.4, 0.5) is 4.39 Å². The average molecular weight is 454 g/mol. The zero-order valence-corrected chi connectivity index (χ0v) is 18.9. The Morgan fingerprint density at radius 1 is 1.24 bits per heavy atom. The summed E-state index contributed by atoms with van der Waals surface area (Å²) in [6.45, 7) is 1.17. The molecular weight excluding hydrogens is 425 g/mol. The second kappa shape index (κ2) is 10.1. The molecule has 4 rings (SSSR count). The summed E-state index contributed by atoms with van der Waals surface area (Å²) in [7, 11) is 3.29. The lowest BCUT2D eigenvalue weighted by molar-refractivity contribution is -0.137. The number of hydrogen-bond donors (Lipinski definition) is 0. The predicted octanol–water partition coefficient (Wildman–Crippen LogP) is 2.44. The van der Waals surface area contributed by atoms with Crippen LogP contribution >= 0.6 is 0 Å². The van der Waals surface area contributed by atoms with Gasteiger partial charge in [0.1, 0.15) is 12.4 Å². The lowest BCUT2D eigenvalue weighted by atomic mass is 9.85. The molecule has 0 saturated carbocycles. The fourth-order valence-electron chi connectivity index (χ4n) is 4.48. The minimum atomic E-state index is -0.284. The first kappa shape index (κ1) is 22.8. The number of hydrogen-bond acceptors (Lipinski definition) is 5. The number of likely N-dealkylation sites (tertiary alicyclic amines) is 1. The third-order valence-corrected chi connectivity index (χ3v) is 6.34. The molecule has 174 valence electrons. The van der Waals surface area contributed by atoms with E-state index in [1.54, 1.807) is 53.1 Å². The number of fused-ring (bicyclic) bond motifs is 1. The van der Waals surface area contributed by atoms with Gasteiger partial charge < -0.3 is 14.5 Å². The maximum Gasteiger partial charge on any atom is 0.274 e. The number of nitrogens with zero attached hydrogens (tertiary/aromatic N) is 5. The summed E-state index contributed by atoms with van der Waals surface area (Å²) < 4.78 is 20.0. The molecular formula is C24H28FN5O3. The van der Waals surface area contributed by atoms with Crippen LogP contribution < -0.4 is 0 Å². The zero-order valence-electron chi connectivity index (χ0n) is 18.9. The van der Waals surface area contributed by atoms with Crippen LogP contribution in [0.1, 0.15) is 28.9 Å². The van der Waals surface area contributed by atoms with E-state index in [1.165, 1.54) is 19.2 Å². The molecule has 1 aliphatic rings. The Hall–Kier alpha value is -3.33. The Bertz CT molecular complexity index is 1080. The van der Waals surface area contributed by atoms with Gasteiger partial charge in [0.05, 0.1) is 0 Å². The fourth-order valence-corrected chi connectivity index (χ4v) is 4.48. The van der Waals surface area contributed by atoms with E-state index in [2.05, 4.69) is 10.1 Å². The van der Waals surface area contributed by atoms with Crippen molar-refractivity contribution >= 4 is 17.5 Å². The summed E-state index contributed by atoms with van der Waals surface area (Å²) in [6, 6.07) is 9.78. The standard InChI is InChI=1S/C24H28FN5O3/c1-28(23(31)16-33-2)21(14-17-4-6-19(25)7-5-17)18-8-12-29(13-9-18)24(32)20-15-22-26-10-3-11-30(22)27-20/h3-7,10-11,15,18,21H,8-9,12-14,16H2,1-2H3. The van der Waals surface area contributed by atoms with Crippen molar-refractivity contribution in [1.29, 1.82) is 0 Å². The number of benzene rings is 1. The number of methoxy groups -OCH3 is 1. The van der Waals surface area contributed by atoms with Gasteiger partial charge in [-0.3, -0.25) is 9.59 Å². The van der Waals surface area contributed by atoms with Crippen molar-refractivity contribution in [3.63, 3.8) is 0 Å². The molecule has 0 radical (unpaired) electrons. The number of aromatic nitrogens is 3. The molecule has 9 heteroatoms. The minimum Gasteiger partial charge on any atom is -0.375 e. The Balaban J connectivity index is 1.45. The second-order valence-corrected chi connectivity index (χ2v) is 8.42. The number of carbonyl (C=O) groups is 2. The summed E-state index contributed by atoms with van der Waals surface area (Å²) >= 11 is 0. The molecule has 2 aromatic heterocycles. The van der Waals surface area contributed by atoms with Gasteiger partial charge in [-0.2, -0.15) is 5.10 Å². The Kier molecular flexibility index (Phi) is 6.98. The van der Waals surface area contributed by atoms with Gasteiger partial charge >= 0.3 is 0 Å². The van der Waals surface area contributed by atoms with Gasteiger partial charge in [0, 0.05) is 51.7 Å². The SMILES string of the molecule is COCC(=O)N(C)C(Cc1ccc(F)cc1)C1CCN(C(=O)c2cc3ncccn3n2)CC1. The van der Waals surface area contributed by atoms with Gasteiger partial charge in [0.2, 0.25) is 5.91 Å². The number of piperidine rings is 1. The lowest BCUT2D eigenvalue weighted by Crippen LogP contribution is -2.49. The largest absolute Gasteiger partial charge is 0.375 e. The first-order chi connectivity index (χ1) is 16.0. The second-order valence-electron chi connectivity index (χ2n) is 8.42. The summed E-state index contributed by atoms with van der Waals surface area (Å²) in [6.07, 6.45) is 5.56. The lowest BCUT2D eigenvalue weighted by Gasteiger charge is -2.40. The molecule has 0 aliphatic carbocycles. The number of halogens is 1. The smallest absolute Gasteiger partial charge is 0.274 e. The Labute approximate surface area is 192 Å². The van der Waals surface area contributed by atoms with Crippen LogP contribution in [0, 0.1) is 11.7 Å². The normalized spacial score (nSPS) is 15.5. The Morgan fingerprint density at radius 3 is 2.64 bits per heavy atom. The summed E-state index contributed by atoms with van der Waals surface area (Å²) in [4.78, 5) is 33.3. The highest BCUT2D eigenvalue weighted by Crippen LogP contribution is 2.27. The highest BCUT2D eigenvalue weighted by atomic mass is 19.1. The molecule has 2 amide bonds. The van der Waals surface area contributed by atoms with Crippen LogP contribution in [0.2, 0.25) is 0 Å². The topological polar surface area (TPSA) is 80.0 Å². The van der Waals surface area contributed by atoms with E-state index >= 15 is 0 Å². The number of ether oxygens (including phenoxy) is 1. The van der Waals surface area contributed by atoms with E-state index in [0.717, 1.165) is 18.4 Å². The molecule has 3 aromatic rings. The first-order valence-corrected chi connectivity index (χ1v) is 11.0. The van der Waals surface area contributed by atoms with E-state index in [-0.39, 0.29) is 36.2 Å². The molecule has 3 heterocycles. The van der Waals surface area contributed by atoms with Gasteiger partial charge in [-0.25, -0.2) is 13.9 Å². The van der Waals surface area contributed by atoms with Crippen molar-refractivity contribution in [2.24, 2.45) is 5.92 Å². The summed E-state index contributed by atoms with van der Waals surface area (Å²) in [5.41, 5.74) is 1.98. The van der Waals surface area contributed by atoms with Crippen molar-refractivity contribution in [2.45, 2.75) is 25.3 Å². The van der Waals surface area contributed by atoms with Gasteiger partial charge in [0.15, 0.2) is 11.3 Å². The maximum absolute atomic E-state index is 13.4. The number of carbonyl (C=O) groups excluding carboxylic acids is 2. The quantitative estimate of drug-likeness (QED) is 0.549. The fraction of sp³-hybridized carbons (Fsp3) is 0.417. The van der Waals surface area contributed by atoms with E-state index in [1.807, 2.05) is 4.90 Å². The van der Waals surface area contributed by atoms with Crippen molar-refractivity contribution in [3.05, 3.63) is 65.9 Å². The highest BCUT2D eigenvalue weighted by Gasteiger charge is 2.33. The molecule has 1 aromatic carbocycles. The Morgan fingerprint density at radius 2 is 1.97 bits per heavy atom. The number of likely N-dealkylation sites (N-methyl/N-ethyl adjacent to an activating group) is 1. The van der Waals surface area contributed by atoms with E-state index < -0.39 is 0 Å². The molecule has 1 unspecified atom stereocenters. The summed E-state index contributed by atoms with van der Waals surface area (Å²) in [5, 5.41) is 4.34. The van der Waals surface area contributed by atoms with Crippen LogP contribution in [-0.2, 0) is 16.0 Å². The third kappa shape index (κ3) is 5.19. The number of rotatable bonds is 7. The van der Waals surface area contributed by atoms with E-state index in [4.69, 9.17) is 4.74 Å². The van der Waals surface area contributed by atoms with Gasteiger partial charge in [-0.15, -0.1) is 0 Å². The van der Waals surface area contributed by atoms with Crippen LogP contribution in [0.15, 0.2) is 48.8 Å². The highest BCUT2D eigenvalue weighted by molar-refractivity contribution is 5.93. The molecule has 1 aliphatic heterocycles. The number of amides is 2. The predicted molar refractivity (Wildman–Crippen MR) is 120 cm³/mol. The van der Waals surface area contributed by atoms with E-state index in [0.29, 0.717) is 30.9 Å². The van der Waals surface area contributed by atoms with Gasteiger partial charge in [-0.05, 0) is 48.9 Å². The molecule has 8 nitrogen and oxygen atoms in total. The van der Waals surface area contributed by atoms with Crippen LogP contribution in [0.5, 0.6) is 0 Å². The van der Waals surface area contributed by atoms with Gasteiger partial charge in [-0.1, -0.05) is 12.1 Å². The van der Waals surface area contributed by atoms with Gasteiger partial charge in [0.25, 0.3) is 5.91 Å². The molecule has 0 N–H and O–H groups in total. The van der Waals surface area contributed by atoms with Crippen molar-refractivity contribution in [1.82, 2.24) is 24.4 Å². The molecule has 1 saturated heterocycles. The van der Waals surface area contributed by atoms with Crippen molar-refractivity contribution < 1.29 is 18.7 Å². The summed E-state index contributed by atoms with van der Waals surface area (Å²) in [5.74, 6) is -0.293. The van der Waals surface area contributed by atoms with Crippen molar-refractivity contribution in [3.8, 4) is 0 Å². The maximum atomic E-state index is 13.4. The van der Waals surface area contributed by atoms with Crippen LogP contribution in [-0.4, -0.2) is 76.1 Å². The minimum absolute atomic E-state index is 0.00959. The molecule has 1 atom stereocenters. The molecule has 33 heavy (non-hydrogen) atoms. The van der Waals surface area contributed by atoms with Crippen LogP contribution in [0.25, 0.3) is 5.65 Å². The zero-order chi connectivity index (χ0) is 23.4. The third-order valence-electron chi connectivity index (χ3n) is 6.34. The average Bonchev–Trinajstić information content (AvgIpc) is 3.27. The van der Waals surface area contributed by atoms with Crippen LogP contribution in [0.3, 0.4) is 0 Å². The molecule has 0 bridgehead atoms. The van der Waals surface area contributed by atoms with E-state index in [9.17, 15) is 14.0 Å². The monoisotopic (exact) mass is 453 g/mol. The van der Waals surface area contributed by atoms with Crippen molar-refractivity contribution in [2.75, 3.05) is 33.9 Å². The molecule has 0 spiro atoms.